The van der Waals surface area contributed by atoms with Crippen LogP contribution >= 0.6 is 15.9 Å². The molecular weight excluding hydrogens is 305 g/mol. The molecule has 0 bridgehead atoms. The lowest BCUT2D eigenvalue weighted by molar-refractivity contribution is 0.357. The molecule has 5 nitrogen and oxygen atoms in total. The van der Waals surface area contributed by atoms with E-state index in [-0.39, 0.29) is 11.3 Å². The van der Waals surface area contributed by atoms with Crippen LogP contribution in [0, 0.1) is 5.82 Å². The number of nitrogens with zero attached hydrogens (tertiary/aromatic N) is 2. The van der Waals surface area contributed by atoms with Gasteiger partial charge in [-0.1, -0.05) is 0 Å². The molecular formula is C11H11BrFN3O2. The predicted molar refractivity (Wildman–Crippen MR) is 68.9 cm³/mol. The first-order valence-electron chi connectivity index (χ1n) is 5.00. The fraction of sp³-hybridized carbons (Fsp3) is 0.182. The highest BCUT2D eigenvalue weighted by atomic mass is 79.9. The van der Waals surface area contributed by atoms with Crippen LogP contribution in [0.5, 0.6) is 11.5 Å². The first-order chi connectivity index (χ1) is 8.45. The maximum absolute atomic E-state index is 14.1. The third kappa shape index (κ3) is 1.90. The smallest absolute Gasteiger partial charge is 0.195 e. The van der Waals surface area contributed by atoms with Crippen molar-refractivity contribution in [1.29, 1.82) is 0 Å². The molecule has 0 aliphatic carbocycles. The molecule has 2 rings (SSSR count). The van der Waals surface area contributed by atoms with Crippen molar-refractivity contribution in [3.8, 4) is 22.8 Å². The molecule has 1 aromatic carbocycles. The fourth-order valence-electron chi connectivity index (χ4n) is 1.58. The van der Waals surface area contributed by atoms with Gasteiger partial charge < -0.3 is 15.6 Å². The summed E-state index contributed by atoms with van der Waals surface area (Å²) >= 11 is 3.22. The molecule has 2 aromatic rings. The number of hydrogen-bond acceptors (Lipinski definition) is 4. The van der Waals surface area contributed by atoms with Crippen LogP contribution in [-0.2, 0) is 7.05 Å². The number of phenolic OH excluding ortho intramolecular Hbond substituents is 1. The summed E-state index contributed by atoms with van der Waals surface area (Å²) in [4.78, 5) is 0. The zero-order chi connectivity index (χ0) is 13.4. The molecule has 0 radical (unpaired) electrons. The average molecular weight is 316 g/mol. The van der Waals surface area contributed by atoms with Crippen LogP contribution in [0.25, 0.3) is 11.3 Å². The molecule has 18 heavy (non-hydrogen) atoms. The van der Waals surface area contributed by atoms with E-state index in [0.29, 0.717) is 16.0 Å². The van der Waals surface area contributed by atoms with Crippen molar-refractivity contribution in [2.75, 3.05) is 12.8 Å². The summed E-state index contributed by atoms with van der Waals surface area (Å²) in [6, 6.07) is 2.99. The van der Waals surface area contributed by atoms with Gasteiger partial charge in [-0.25, -0.2) is 4.39 Å². The highest BCUT2D eigenvalue weighted by Gasteiger charge is 2.20. The van der Waals surface area contributed by atoms with Crippen molar-refractivity contribution in [2.45, 2.75) is 0 Å². The number of hydrogen-bond donors (Lipinski definition) is 2. The second kappa shape index (κ2) is 4.49. The zero-order valence-electron chi connectivity index (χ0n) is 9.74. The van der Waals surface area contributed by atoms with Crippen LogP contribution in [0.3, 0.4) is 0 Å². The van der Waals surface area contributed by atoms with Crippen molar-refractivity contribution in [3.63, 3.8) is 0 Å². The van der Waals surface area contributed by atoms with Gasteiger partial charge in [-0.2, -0.15) is 5.10 Å². The summed E-state index contributed by atoms with van der Waals surface area (Å²) in [6.07, 6.45) is 0. The van der Waals surface area contributed by atoms with Crippen LogP contribution in [-0.4, -0.2) is 22.0 Å². The van der Waals surface area contributed by atoms with Gasteiger partial charge in [-0.05, 0) is 22.0 Å². The van der Waals surface area contributed by atoms with Crippen LogP contribution < -0.4 is 10.5 Å². The summed E-state index contributed by atoms with van der Waals surface area (Å²) in [5.41, 5.74) is 6.12. The Morgan fingerprint density at radius 1 is 1.50 bits per heavy atom. The number of anilines is 1. The Balaban J connectivity index is 2.68. The molecule has 96 valence electrons. The minimum Gasteiger partial charge on any atom is -0.502 e. The van der Waals surface area contributed by atoms with Gasteiger partial charge in [0.2, 0.25) is 0 Å². The van der Waals surface area contributed by atoms with Gasteiger partial charge in [0.15, 0.2) is 17.3 Å². The monoisotopic (exact) mass is 315 g/mol. The predicted octanol–water partition coefficient (Wildman–Crippen LogP) is 2.29. The van der Waals surface area contributed by atoms with E-state index in [0.717, 1.165) is 0 Å². The van der Waals surface area contributed by atoms with Gasteiger partial charge in [0.25, 0.3) is 0 Å². The molecule has 0 spiro atoms. The van der Waals surface area contributed by atoms with Crippen molar-refractivity contribution in [2.24, 2.45) is 7.05 Å². The lowest BCUT2D eigenvalue weighted by atomic mass is 10.1. The minimum absolute atomic E-state index is 0.0482. The highest BCUT2D eigenvalue weighted by Crippen LogP contribution is 2.41. The summed E-state index contributed by atoms with van der Waals surface area (Å²) in [5.74, 6) is -0.919. The lowest BCUT2D eigenvalue weighted by Crippen LogP contribution is -1.97. The molecule has 0 aliphatic rings. The Morgan fingerprint density at radius 2 is 2.17 bits per heavy atom. The Kier molecular flexibility index (Phi) is 3.16. The Hall–Kier alpha value is -1.76. The number of aromatic nitrogens is 2. The summed E-state index contributed by atoms with van der Waals surface area (Å²) in [6.45, 7) is 0. The summed E-state index contributed by atoms with van der Waals surface area (Å²) in [7, 11) is 2.99. The van der Waals surface area contributed by atoms with Crippen molar-refractivity contribution in [1.82, 2.24) is 9.78 Å². The number of rotatable bonds is 2. The second-order valence-corrected chi connectivity index (χ2v) is 4.53. The Morgan fingerprint density at radius 3 is 2.67 bits per heavy atom. The molecule has 0 amide bonds. The first-order valence-corrected chi connectivity index (χ1v) is 5.79. The van der Waals surface area contributed by atoms with E-state index in [1.54, 1.807) is 7.05 Å². The third-order valence-electron chi connectivity index (χ3n) is 2.55. The number of methoxy groups -OCH3 is 1. The van der Waals surface area contributed by atoms with Crippen LogP contribution in [0.1, 0.15) is 0 Å². The van der Waals surface area contributed by atoms with E-state index in [1.165, 1.54) is 23.9 Å². The maximum atomic E-state index is 14.1. The Bertz CT molecular complexity index is 593. The van der Waals surface area contributed by atoms with E-state index in [9.17, 15) is 9.50 Å². The van der Waals surface area contributed by atoms with Gasteiger partial charge in [0.1, 0.15) is 5.82 Å². The lowest BCUT2D eigenvalue weighted by Gasteiger charge is -2.09. The molecule has 0 fully saturated rings. The van der Waals surface area contributed by atoms with Gasteiger partial charge >= 0.3 is 0 Å². The summed E-state index contributed by atoms with van der Waals surface area (Å²) in [5, 5.41) is 13.7. The molecule has 0 saturated heterocycles. The number of benzene rings is 1. The van der Waals surface area contributed by atoms with Gasteiger partial charge in [-0.3, -0.25) is 4.68 Å². The molecule has 0 unspecified atom stereocenters. The first kappa shape index (κ1) is 12.7. The molecule has 3 N–H and O–H groups in total. The number of nitrogen functional groups attached to an aromatic ring is 1. The molecule has 1 heterocycles. The molecule has 7 heteroatoms. The quantitative estimate of drug-likeness (QED) is 0.891. The Labute approximate surface area is 111 Å². The van der Waals surface area contributed by atoms with Crippen molar-refractivity contribution in [3.05, 3.63) is 22.4 Å². The largest absolute Gasteiger partial charge is 0.502 e. The highest BCUT2D eigenvalue weighted by molar-refractivity contribution is 9.10. The minimum atomic E-state index is -0.806. The number of aryl methyl sites for hydroxylation is 1. The van der Waals surface area contributed by atoms with Gasteiger partial charge in [-0.15, -0.1) is 0 Å². The van der Waals surface area contributed by atoms with Gasteiger partial charge in [0.05, 0.1) is 18.4 Å². The number of ether oxygens (including phenoxy) is 1. The zero-order valence-corrected chi connectivity index (χ0v) is 11.3. The molecule has 1 aromatic heterocycles. The SMILES string of the molecule is COc1cc(Br)c(-c2cc(N)n(C)n2)c(F)c1O. The van der Waals surface area contributed by atoms with Gasteiger partial charge in [0, 0.05) is 17.6 Å². The maximum Gasteiger partial charge on any atom is 0.195 e. The van der Waals surface area contributed by atoms with E-state index >= 15 is 0 Å². The standard InChI is InChI=1S/C11H11BrFN3O2/c1-16-8(14)4-6(15-16)9-5(12)3-7(18-2)11(17)10(9)13/h3-4,17H,14H2,1-2H3. The van der Waals surface area contributed by atoms with Crippen LogP contribution in [0.4, 0.5) is 10.2 Å². The van der Waals surface area contributed by atoms with E-state index in [1.807, 2.05) is 0 Å². The van der Waals surface area contributed by atoms with Crippen molar-refractivity contribution < 1.29 is 14.2 Å². The molecule has 0 saturated carbocycles. The van der Waals surface area contributed by atoms with Crippen molar-refractivity contribution >= 4 is 21.7 Å². The van der Waals surface area contributed by atoms with E-state index < -0.39 is 11.6 Å². The van der Waals surface area contributed by atoms with Crippen LogP contribution in [0.2, 0.25) is 0 Å². The van der Waals surface area contributed by atoms with E-state index in [2.05, 4.69) is 21.0 Å². The third-order valence-corrected chi connectivity index (χ3v) is 3.17. The number of phenols is 1. The number of nitrogens with two attached hydrogens (primary N) is 1. The number of aromatic hydroxyl groups is 1. The van der Waals surface area contributed by atoms with Crippen LogP contribution in [0.15, 0.2) is 16.6 Å². The number of halogens is 2. The normalized spacial score (nSPS) is 10.7. The molecule has 0 atom stereocenters. The molecule has 0 aliphatic heterocycles. The fourth-order valence-corrected chi connectivity index (χ4v) is 2.17. The second-order valence-electron chi connectivity index (χ2n) is 3.68. The average Bonchev–Trinajstić information content (AvgIpc) is 2.64. The summed E-state index contributed by atoms with van der Waals surface area (Å²) < 4.78 is 20.8. The topological polar surface area (TPSA) is 73.3 Å². The van der Waals surface area contributed by atoms with E-state index in [4.69, 9.17) is 10.5 Å².